The zero-order chi connectivity index (χ0) is 15.0. The van der Waals surface area contributed by atoms with Gasteiger partial charge in [0, 0.05) is 7.05 Å². The molecule has 7 heteroatoms. The lowest BCUT2D eigenvalue weighted by atomic mass is 9.76. The van der Waals surface area contributed by atoms with E-state index in [1.54, 1.807) is 17.9 Å². The fourth-order valence-corrected chi connectivity index (χ4v) is 3.20. The van der Waals surface area contributed by atoms with Gasteiger partial charge in [0.2, 0.25) is 0 Å². The maximum Gasteiger partial charge on any atom is 0.329 e. The van der Waals surface area contributed by atoms with Gasteiger partial charge in [-0.05, 0) is 18.8 Å². The molecule has 2 heterocycles. The third-order valence-electron chi connectivity index (χ3n) is 4.29. The summed E-state index contributed by atoms with van der Waals surface area (Å²) >= 11 is 0. The fourth-order valence-electron chi connectivity index (χ4n) is 3.20. The molecule has 21 heavy (non-hydrogen) atoms. The van der Waals surface area contributed by atoms with Gasteiger partial charge in [-0.3, -0.25) is 4.68 Å². The van der Waals surface area contributed by atoms with Crippen molar-refractivity contribution in [2.45, 2.75) is 38.1 Å². The van der Waals surface area contributed by atoms with Crippen LogP contribution in [-0.2, 0) is 11.8 Å². The molecule has 112 valence electrons. The number of nitrogens with one attached hydrogen (secondary N) is 1. The first-order valence-corrected chi connectivity index (χ1v) is 7.16. The van der Waals surface area contributed by atoms with Gasteiger partial charge in [0.1, 0.15) is 17.7 Å². The van der Waals surface area contributed by atoms with Gasteiger partial charge in [-0.25, -0.2) is 14.8 Å². The molecule has 0 aliphatic heterocycles. The van der Waals surface area contributed by atoms with Crippen LogP contribution in [0.5, 0.6) is 0 Å². The molecule has 1 aliphatic carbocycles. The monoisotopic (exact) mass is 289 g/mol. The predicted molar refractivity (Wildman–Crippen MR) is 77.9 cm³/mol. The number of carboxylic acids is 1. The first-order valence-electron chi connectivity index (χ1n) is 7.16. The van der Waals surface area contributed by atoms with E-state index < -0.39 is 11.5 Å². The minimum atomic E-state index is -0.950. The second kappa shape index (κ2) is 4.98. The topological polar surface area (TPSA) is 92.9 Å². The normalized spacial score (nSPS) is 25.9. The van der Waals surface area contributed by atoms with E-state index in [-0.39, 0.29) is 0 Å². The smallest absolute Gasteiger partial charge is 0.329 e. The van der Waals surface area contributed by atoms with Crippen molar-refractivity contribution in [1.82, 2.24) is 19.7 Å². The number of carbonyl (C=O) groups is 1. The zero-order valence-electron chi connectivity index (χ0n) is 12.2. The van der Waals surface area contributed by atoms with Crippen LogP contribution >= 0.6 is 0 Å². The summed E-state index contributed by atoms with van der Waals surface area (Å²) in [6.45, 7) is 2.10. The molecule has 2 aromatic rings. The van der Waals surface area contributed by atoms with Crippen molar-refractivity contribution in [1.29, 1.82) is 0 Å². The number of aliphatic carboxylic acids is 1. The second-order valence-electron chi connectivity index (χ2n) is 5.94. The lowest BCUT2D eigenvalue weighted by molar-refractivity contribution is -0.144. The van der Waals surface area contributed by atoms with Crippen LogP contribution in [-0.4, -0.2) is 36.4 Å². The van der Waals surface area contributed by atoms with Gasteiger partial charge in [0.05, 0.1) is 11.6 Å². The Morgan fingerprint density at radius 1 is 1.52 bits per heavy atom. The Morgan fingerprint density at radius 3 is 3.05 bits per heavy atom. The summed E-state index contributed by atoms with van der Waals surface area (Å²) < 4.78 is 1.65. The predicted octanol–water partition coefficient (Wildman–Crippen LogP) is 1.81. The molecule has 0 amide bonds. The van der Waals surface area contributed by atoms with Gasteiger partial charge in [-0.2, -0.15) is 5.10 Å². The lowest BCUT2D eigenvalue weighted by Crippen LogP contribution is -2.49. The van der Waals surface area contributed by atoms with Crippen LogP contribution in [0.2, 0.25) is 0 Å². The van der Waals surface area contributed by atoms with Crippen molar-refractivity contribution < 1.29 is 9.90 Å². The molecule has 0 radical (unpaired) electrons. The highest BCUT2D eigenvalue weighted by molar-refractivity contribution is 5.90. The van der Waals surface area contributed by atoms with Gasteiger partial charge in [-0.15, -0.1) is 0 Å². The number of nitrogens with zero attached hydrogens (tertiary/aromatic N) is 4. The number of carboxylic acid groups (broad SMARTS) is 1. The number of hydrogen-bond donors (Lipinski definition) is 2. The lowest BCUT2D eigenvalue weighted by Gasteiger charge is -2.37. The molecule has 1 saturated carbocycles. The molecule has 0 spiro atoms. The van der Waals surface area contributed by atoms with E-state index in [1.165, 1.54) is 6.33 Å². The van der Waals surface area contributed by atoms with Gasteiger partial charge < -0.3 is 10.4 Å². The Bertz CT molecular complexity index is 683. The highest BCUT2D eigenvalue weighted by Gasteiger charge is 2.42. The molecule has 1 aliphatic rings. The molecule has 2 aromatic heterocycles. The summed E-state index contributed by atoms with van der Waals surface area (Å²) in [5, 5.41) is 17.8. The van der Waals surface area contributed by atoms with E-state index in [2.05, 4.69) is 27.3 Å². The zero-order valence-corrected chi connectivity index (χ0v) is 12.2. The molecule has 3 rings (SSSR count). The Hall–Kier alpha value is -2.18. The number of anilines is 1. The van der Waals surface area contributed by atoms with Crippen molar-refractivity contribution >= 4 is 22.8 Å². The van der Waals surface area contributed by atoms with Crippen LogP contribution in [0.3, 0.4) is 0 Å². The number of fused-ring (bicyclic) bond motifs is 1. The summed E-state index contributed by atoms with van der Waals surface area (Å²) in [6.07, 6.45) is 6.30. The number of hydrogen-bond acceptors (Lipinski definition) is 5. The number of rotatable bonds is 3. The highest BCUT2D eigenvalue weighted by atomic mass is 16.4. The molecule has 0 aromatic carbocycles. The van der Waals surface area contributed by atoms with Crippen LogP contribution in [0.25, 0.3) is 11.0 Å². The van der Waals surface area contributed by atoms with Crippen LogP contribution in [0, 0.1) is 5.92 Å². The van der Waals surface area contributed by atoms with E-state index in [1.807, 2.05) is 0 Å². The molecule has 0 bridgehead atoms. The Kier molecular flexibility index (Phi) is 3.27. The third-order valence-corrected chi connectivity index (χ3v) is 4.29. The largest absolute Gasteiger partial charge is 0.480 e. The van der Waals surface area contributed by atoms with E-state index in [4.69, 9.17) is 0 Å². The first-order chi connectivity index (χ1) is 10.0. The molecule has 2 N–H and O–H groups in total. The number of aryl methyl sites for hydroxylation is 1. The first kappa shape index (κ1) is 13.8. The van der Waals surface area contributed by atoms with E-state index >= 15 is 0 Å². The maximum atomic E-state index is 11.8. The van der Waals surface area contributed by atoms with E-state index in [9.17, 15) is 9.90 Å². The van der Waals surface area contributed by atoms with E-state index in [0.29, 0.717) is 30.2 Å². The van der Waals surface area contributed by atoms with Gasteiger partial charge in [0.25, 0.3) is 0 Å². The van der Waals surface area contributed by atoms with Crippen LogP contribution in [0.15, 0.2) is 12.5 Å². The molecular formula is C14H19N5O2. The van der Waals surface area contributed by atoms with Crippen molar-refractivity contribution in [3.63, 3.8) is 0 Å². The average molecular weight is 289 g/mol. The molecular weight excluding hydrogens is 270 g/mol. The molecule has 2 unspecified atom stereocenters. The van der Waals surface area contributed by atoms with Crippen LogP contribution in [0.4, 0.5) is 5.82 Å². The minimum Gasteiger partial charge on any atom is -0.480 e. The summed E-state index contributed by atoms with van der Waals surface area (Å²) in [5.41, 5.74) is -0.258. The molecule has 1 fully saturated rings. The van der Waals surface area contributed by atoms with Crippen LogP contribution < -0.4 is 5.32 Å². The Labute approximate surface area is 122 Å². The average Bonchev–Trinajstić information content (AvgIpc) is 2.82. The summed E-state index contributed by atoms with van der Waals surface area (Å²) in [4.78, 5) is 20.2. The standard InChI is InChI=1S/C14H19N5O2/c1-9-4-3-5-14(6-9,13(20)21)18-11-10-7-17-19(2)12(10)16-8-15-11/h7-9H,3-6H2,1-2H3,(H,20,21)(H,15,16,18). The van der Waals surface area contributed by atoms with Gasteiger partial charge in [-0.1, -0.05) is 19.8 Å². The Balaban J connectivity index is 2.00. The highest BCUT2D eigenvalue weighted by Crippen LogP contribution is 2.36. The third kappa shape index (κ3) is 2.32. The quantitative estimate of drug-likeness (QED) is 0.895. The fraction of sp³-hybridized carbons (Fsp3) is 0.571. The van der Waals surface area contributed by atoms with Crippen molar-refractivity contribution in [2.75, 3.05) is 5.32 Å². The van der Waals surface area contributed by atoms with Gasteiger partial charge in [0.15, 0.2) is 5.65 Å². The van der Waals surface area contributed by atoms with Crippen LogP contribution in [0.1, 0.15) is 32.6 Å². The summed E-state index contributed by atoms with van der Waals surface area (Å²) in [7, 11) is 1.80. The maximum absolute atomic E-state index is 11.8. The number of aromatic nitrogens is 4. The summed E-state index contributed by atoms with van der Waals surface area (Å²) in [5.74, 6) is 0.114. The van der Waals surface area contributed by atoms with Gasteiger partial charge >= 0.3 is 5.97 Å². The van der Waals surface area contributed by atoms with Crippen molar-refractivity contribution in [2.24, 2.45) is 13.0 Å². The Morgan fingerprint density at radius 2 is 2.33 bits per heavy atom. The molecule has 0 saturated heterocycles. The molecule has 7 nitrogen and oxygen atoms in total. The van der Waals surface area contributed by atoms with Crippen molar-refractivity contribution in [3.8, 4) is 0 Å². The van der Waals surface area contributed by atoms with Crippen molar-refractivity contribution in [3.05, 3.63) is 12.5 Å². The molecule has 2 atom stereocenters. The SMILES string of the molecule is CC1CCCC(Nc2ncnc3c2cnn3C)(C(=O)O)C1. The van der Waals surface area contributed by atoms with E-state index in [0.717, 1.165) is 18.2 Å². The second-order valence-corrected chi connectivity index (χ2v) is 5.94. The minimum absolute atomic E-state index is 0.383. The summed E-state index contributed by atoms with van der Waals surface area (Å²) in [6, 6.07) is 0.